The second kappa shape index (κ2) is 11.6. The molecule has 2 amide bonds. The van der Waals surface area contributed by atoms with Crippen molar-refractivity contribution >= 4 is 115 Å². The number of carboxylic acids is 1. The highest BCUT2D eigenvalue weighted by atomic mass is 127. The molecule has 7 nitrogen and oxygen atoms in total. The van der Waals surface area contributed by atoms with Crippen molar-refractivity contribution in [3.05, 3.63) is 94.0 Å². The first-order chi connectivity index (χ1) is 17.6. The Morgan fingerprint density at radius 2 is 1.73 bits per heavy atom. The second-order valence-electron chi connectivity index (χ2n) is 7.64. The zero-order chi connectivity index (χ0) is 26.9. The Morgan fingerprint density at radius 1 is 1.08 bits per heavy atom. The predicted octanol–water partition coefficient (Wildman–Crippen LogP) is 6.31. The van der Waals surface area contributed by atoms with Gasteiger partial charge in [-0.05, 0) is 111 Å². The van der Waals surface area contributed by atoms with Gasteiger partial charge in [0.2, 0.25) is 0 Å². The summed E-state index contributed by atoms with van der Waals surface area (Å²) in [6.45, 7) is 0.236. The van der Waals surface area contributed by atoms with Gasteiger partial charge in [0, 0.05) is 0 Å². The van der Waals surface area contributed by atoms with Gasteiger partial charge in [-0.15, -0.1) is 0 Å². The van der Waals surface area contributed by atoms with E-state index < -0.39 is 17.8 Å². The van der Waals surface area contributed by atoms with Gasteiger partial charge in [-0.1, -0.05) is 41.4 Å². The Labute approximate surface area is 254 Å². The number of carbonyl (C=O) groups is 3. The summed E-state index contributed by atoms with van der Waals surface area (Å²) < 4.78 is 7.49. The number of nitrogens with one attached hydrogen (secondary N) is 1. The van der Waals surface area contributed by atoms with Crippen molar-refractivity contribution in [2.45, 2.75) is 6.61 Å². The van der Waals surface area contributed by atoms with Crippen LogP contribution in [-0.2, 0) is 16.2 Å². The minimum atomic E-state index is -0.994. The molecule has 3 aromatic carbocycles. The normalized spacial score (nSPS) is 14.6. The molecule has 0 unspecified atom stereocenters. The number of hydrogen-bond acceptors (Lipinski definition) is 5. The molecule has 188 valence electrons. The van der Waals surface area contributed by atoms with Crippen molar-refractivity contribution in [3.8, 4) is 5.75 Å². The summed E-state index contributed by atoms with van der Waals surface area (Å²) in [5.41, 5.74) is 1.75. The second-order valence-corrected chi connectivity index (χ2v) is 11.1. The topological polar surface area (TPSA) is 95.9 Å². The minimum absolute atomic E-state index is 0.0967. The molecule has 0 saturated carbocycles. The summed E-state index contributed by atoms with van der Waals surface area (Å²) in [7, 11) is 0. The van der Waals surface area contributed by atoms with Crippen LogP contribution in [0.2, 0.25) is 10.0 Å². The molecule has 1 saturated heterocycles. The van der Waals surface area contributed by atoms with Crippen LogP contribution in [0.5, 0.6) is 5.75 Å². The number of anilines is 1. The van der Waals surface area contributed by atoms with Crippen molar-refractivity contribution in [1.29, 1.82) is 0 Å². The third-order valence-electron chi connectivity index (χ3n) is 5.19. The largest absolute Gasteiger partial charge is 0.487 e. The van der Waals surface area contributed by atoms with E-state index in [0.29, 0.717) is 11.3 Å². The summed E-state index contributed by atoms with van der Waals surface area (Å²) in [6.07, 6.45) is 1.48. The highest BCUT2D eigenvalue weighted by Gasteiger charge is 2.35. The number of aromatic carboxylic acids is 1. The van der Waals surface area contributed by atoms with Crippen LogP contribution in [0.4, 0.5) is 5.69 Å². The van der Waals surface area contributed by atoms with Gasteiger partial charge < -0.3 is 9.84 Å². The number of halogens is 4. The molecule has 4 rings (SSSR count). The summed E-state index contributed by atoms with van der Waals surface area (Å²) >= 11 is 21.9. The first kappa shape index (κ1) is 27.8. The number of carboxylic acid groups (broad SMARTS) is 1. The lowest BCUT2D eigenvalue weighted by Gasteiger charge is -2.29. The number of ether oxygens (including phenoxy) is 1. The van der Waals surface area contributed by atoms with Gasteiger partial charge in [-0.3, -0.25) is 19.8 Å². The fourth-order valence-corrected chi connectivity index (χ4v) is 6.19. The van der Waals surface area contributed by atoms with Gasteiger partial charge in [-0.25, -0.2) is 4.79 Å². The SMILES string of the molecule is O=C1NC(=S)N(c2cccc(Cl)c2Cl)C(=O)/C1=C/c1cc(I)c(OCc2ccc(C(=O)O)cc2)c(I)c1. The molecule has 0 aromatic heterocycles. The molecule has 1 fully saturated rings. The van der Waals surface area contributed by atoms with E-state index >= 15 is 0 Å². The maximum atomic E-state index is 13.3. The molecule has 0 radical (unpaired) electrons. The highest BCUT2D eigenvalue weighted by molar-refractivity contribution is 14.1. The van der Waals surface area contributed by atoms with Gasteiger partial charge in [0.15, 0.2) is 5.11 Å². The fraction of sp³-hybridized carbons (Fsp3) is 0.0400. The summed E-state index contributed by atoms with van der Waals surface area (Å²) in [5.74, 6) is -1.63. The van der Waals surface area contributed by atoms with Crippen LogP contribution in [-0.4, -0.2) is 28.0 Å². The van der Waals surface area contributed by atoms with E-state index in [4.69, 9.17) is 45.3 Å². The van der Waals surface area contributed by atoms with E-state index in [9.17, 15) is 14.4 Å². The molecule has 1 heterocycles. The summed E-state index contributed by atoms with van der Waals surface area (Å²) in [4.78, 5) is 38.2. The van der Waals surface area contributed by atoms with Gasteiger partial charge in [0.1, 0.15) is 17.9 Å². The van der Waals surface area contributed by atoms with Crippen LogP contribution >= 0.6 is 80.6 Å². The molecule has 0 spiro atoms. The third kappa shape index (κ3) is 6.08. The van der Waals surface area contributed by atoms with Crippen molar-refractivity contribution in [2.75, 3.05) is 4.90 Å². The lowest BCUT2D eigenvalue weighted by Crippen LogP contribution is -2.54. The Balaban J connectivity index is 1.59. The van der Waals surface area contributed by atoms with Crippen LogP contribution in [0.1, 0.15) is 21.5 Å². The van der Waals surface area contributed by atoms with Crippen LogP contribution in [0.15, 0.2) is 60.2 Å². The smallest absolute Gasteiger partial charge is 0.335 e. The van der Waals surface area contributed by atoms with Crippen molar-refractivity contribution < 1.29 is 24.2 Å². The van der Waals surface area contributed by atoms with Gasteiger partial charge >= 0.3 is 5.97 Å². The van der Waals surface area contributed by atoms with E-state index in [-0.39, 0.29) is 38.6 Å². The van der Waals surface area contributed by atoms with E-state index in [2.05, 4.69) is 50.5 Å². The monoisotopic (exact) mass is 778 g/mol. The first-order valence-corrected chi connectivity index (χ1v) is 13.7. The average Bonchev–Trinajstić information content (AvgIpc) is 2.84. The van der Waals surface area contributed by atoms with Crippen LogP contribution in [0.3, 0.4) is 0 Å². The van der Waals surface area contributed by atoms with E-state index in [1.807, 2.05) is 0 Å². The summed E-state index contributed by atoms with van der Waals surface area (Å²) in [6, 6.07) is 14.8. The van der Waals surface area contributed by atoms with Crippen LogP contribution < -0.4 is 15.0 Å². The molecule has 37 heavy (non-hydrogen) atoms. The first-order valence-electron chi connectivity index (χ1n) is 10.4. The zero-order valence-corrected chi connectivity index (χ0v) is 25.1. The molecular formula is C25H14Cl2I2N2O5S. The number of hydrogen-bond donors (Lipinski definition) is 2. The Morgan fingerprint density at radius 3 is 2.35 bits per heavy atom. The molecule has 0 aliphatic carbocycles. The molecule has 3 aromatic rings. The van der Waals surface area contributed by atoms with Crippen molar-refractivity contribution in [2.24, 2.45) is 0 Å². The standard InChI is InChI=1S/C25H14Cl2I2N2O5S/c26-16-2-1-3-19(20(16)27)31-23(33)15(22(32)30-25(31)37)8-13-9-17(28)21(18(29)10-13)36-11-12-4-6-14(7-5-12)24(34)35/h1-10H,11H2,(H,34,35)(H,30,32,37)/b15-8+. The number of thiocarbonyl (C=S) groups is 1. The highest BCUT2D eigenvalue weighted by Crippen LogP contribution is 2.35. The quantitative estimate of drug-likeness (QED) is 0.132. The molecule has 0 atom stereocenters. The molecule has 2 N–H and O–H groups in total. The Kier molecular flexibility index (Phi) is 8.74. The van der Waals surface area contributed by atoms with Gasteiger partial charge in [0.05, 0.1) is 28.4 Å². The fourth-order valence-electron chi connectivity index (χ4n) is 3.41. The average molecular weight is 779 g/mol. The number of nitrogens with zero attached hydrogens (tertiary/aromatic N) is 1. The molecule has 12 heteroatoms. The lowest BCUT2D eigenvalue weighted by molar-refractivity contribution is -0.122. The molecular weight excluding hydrogens is 765 g/mol. The minimum Gasteiger partial charge on any atom is -0.487 e. The lowest BCUT2D eigenvalue weighted by atomic mass is 10.1. The Hall–Kier alpha value is -2.26. The maximum Gasteiger partial charge on any atom is 0.335 e. The molecule has 0 bridgehead atoms. The zero-order valence-electron chi connectivity index (χ0n) is 18.4. The third-order valence-corrected chi connectivity index (χ3v) is 7.89. The maximum absolute atomic E-state index is 13.3. The summed E-state index contributed by atoms with van der Waals surface area (Å²) in [5, 5.41) is 11.9. The van der Waals surface area contributed by atoms with Crippen molar-refractivity contribution in [3.63, 3.8) is 0 Å². The van der Waals surface area contributed by atoms with Gasteiger partial charge in [-0.2, -0.15) is 0 Å². The molecule has 1 aliphatic heterocycles. The number of carbonyl (C=O) groups excluding carboxylic acids is 2. The molecule has 1 aliphatic rings. The predicted molar refractivity (Wildman–Crippen MR) is 162 cm³/mol. The van der Waals surface area contributed by atoms with E-state index in [1.54, 1.807) is 42.5 Å². The van der Waals surface area contributed by atoms with E-state index in [1.165, 1.54) is 18.2 Å². The van der Waals surface area contributed by atoms with Crippen LogP contribution in [0, 0.1) is 7.14 Å². The van der Waals surface area contributed by atoms with Crippen LogP contribution in [0.25, 0.3) is 6.08 Å². The van der Waals surface area contributed by atoms with Gasteiger partial charge in [0.25, 0.3) is 11.8 Å². The number of benzene rings is 3. The number of amides is 2. The van der Waals surface area contributed by atoms with Crippen molar-refractivity contribution in [1.82, 2.24) is 5.32 Å². The Bertz CT molecular complexity index is 1470. The van der Waals surface area contributed by atoms with E-state index in [0.717, 1.165) is 17.6 Å². The number of rotatable bonds is 6.